The van der Waals surface area contributed by atoms with Crippen molar-refractivity contribution in [2.45, 2.75) is 20.8 Å². The molecule has 1 heteroatoms. The molecule has 2 aromatic carbocycles. The lowest BCUT2D eigenvalue weighted by atomic mass is 9.99. The minimum Gasteiger partial charge on any atom is -0.206 e. The molecule has 16 heavy (non-hydrogen) atoms. The molecule has 82 valence electrons. The van der Waals surface area contributed by atoms with Gasteiger partial charge in [0, 0.05) is 0 Å². The molecule has 0 aliphatic heterocycles. The molecule has 0 saturated heterocycles. The molecule has 2 rings (SSSR count). The highest BCUT2D eigenvalue weighted by Crippen LogP contribution is 2.24. The molecular weight excluding hydrogens is 199 g/mol. The van der Waals surface area contributed by atoms with Crippen LogP contribution in [0.25, 0.3) is 11.1 Å². The second kappa shape index (κ2) is 4.09. The molecule has 0 heterocycles. The fourth-order valence-corrected chi connectivity index (χ4v) is 1.94. The van der Waals surface area contributed by atoms with Gasteiger partial charge in [-0.25, -0.2) is 4.39 Å². The van der Waals surface area contributed by atoms with Gasteiger partial charge in [0.1, 0.15) is 5.82 Å². The standard InChI is InChI=1S/C15H15F/c1-10-5-4-6-13(7-10)14-8-11(2)15(16)12(3)9-14/h4-9H,1-3H3. The van der Waals surface area contributed by atoms with Gasteiger partial charge < -0.3 is 0 Å². The van der Waals surface area contributed by atoms with Gasteiger partial charge in [-0.2, -0.15) is 0 Å². The van der Waals surface area contributed by atoms with Crippen molar-refractivity contribution in [3.63, 3.8) is 0 Å². The van der Waals surface area contributed by atoms with E-state index in [4.69, 9.17) is 0 Å². The summed E-state index contributed by atoms with van der Waals surface area (Å²) in [6.07, 6.45) is 0. The molecule has 0 bridgehead atoms. The number of aryl methyl sites for hydroxylation is 3. The Morgan fingerprint density at radius 1 is 0.812 bits per heavy atom. The predicted octanol–water partition coefficient (Wildman–Crippen LogP) is 4.42. The minimum absolute atomic E-state index is 0.101. The maximum Gasteiger partial charge on any atom is 0.129 e. The van der Waals surface area contributed by atoms with Crippen LogP contribution in [-0.4, -0.2) is 0 Å². The largest absolute Gasteiger partial charge is 0.206 e. The number of rotatable bonds is 1. The predicted molar refractivity (Wildman–Crippen MR) is 66.0 cm³/mol. The Hall–Kier alpha value is -1.63. The fourth-order valence-electron chi connectivity index (χ4n) is 1.94. The second-order valence-corrected chi connectivity index (χ2v) is 4.29. The van der Waals surface area contributed by atoms with Gasteiger partial charge in [-0.1, -0.05) is 29.8 Å². The van der Waals surface area contributed by atoms with Crippen molar-refractivity contribution < 1.29 is 4.39 Å². The lowest BCUT2D eigenvalue weighted by molar-refractivity contribution is 0.609. The Balaban J connectivity index is 2.57. The molecule has 0 saturated carbocycles. The highest BCUT2D eigenvalue weighted by atomic mass is 19.1. The quantitative estimate of drug-likeness (QED) is 0.659. The highest BCUT2D eigenvalue weighted by molar-refractivity contribution is 5.65. The summed E-state index contributed by atoms with van der Waals surface area (Å²) in [6, 6.07) is 12.1. The molecule has 2 aromatic rings. The van der Waals surface area contributed by atoms with Crippen LogP contribution in [-0.2, 0) is 0 Å². The van der Waals surface area contributed by atoms with E-state index in [1.165, 1.54) is 5.56 Å². The normalized spacial score (nSPS) is 10.5. The molecule has 0 aliphatic carbocycles. The Kier molecular flexibility index (Phi) is 2.78. The highest BCUT2D eigenvalue weighted by Gasteiger charge is 2.05. The molecule has 0 radical (unpaired) electrons. The van der Waals surface area contributed by atoms with Crippen LogP contribution in [0.3, 0.4) is 0 Å². The van der Waals surface area contributed by atoms with E-state index >= 15 is 0 Å². The minimum atomic E-state index is -0.101. The number of halogens is 1. The zero-order chi connectivity index (χ0) is 11.7. The first kappa shape index (κ1) is 10.9. The van der Waals surface area contributed by atoms with E-state index in [0.29, 0.717) is 11.1 Å². The summed E-state index contributed by atoms with van der Waals surface area (Å²) >= 11 is 0. The van der Waals surface area contributed by atoms with Crippen molar-refractivity contribution in [1.29, 1.82) is 0 Å². The van der Waals surface area contributed by atoms with Gasteiger partial charge in [-0.15, -0.1) is 0 Å². The van der Waals surface area contributed by atoms with E-state index in [1.807, 2.05) is 32.0 Å². The van der Waals surface area contributed by atoms with Gasteiger partial charge >= 0.3 is 0 Å². The van der Waals surface area contributed by atoms with Crippen molar-refractivity contribution in [2.75, 3.05) is 0 Å². The second-order valence-electron chi connectivity index (χ2n) is 4.29. The monoisotopic (exact) mass is 214 g/mol. The van der Waals surface area contributed by atoms with Crippen molar-refractivity contribution in [2.24, 2.45) is 0 Å². The van der Waals surface area contributed by atoms with Crippen LogP contribution in [0.5, 0.6) is 0 Å². The molecule has 0 fully saturated rings. The first-order valence-corrected chi connectivity index (χ1v) is 5.42. The summed E-state index contributed by atoms with van der Waals surface area (Å²) in [6.45, 7) is 5.68. The zero-order valence-corrected chi connectivity index (χ0v) is 9.84. The van der Waals surface area contributed by atoms with E-state index in [2.05, 4.69) is 25.1 Å². The SMILES string of the molecule is Cc1cccc(-c2cc(C)c(F)c(C)c2)c1. The Morgan fingerprint density at radius 3 is 2.00 bits per heavy atom. The zero-order valence-electron chi connectivity index (χ0n) is 9.84. The average Bonchev–Trinajstić information content (AvgIpc) is 2.25. The van der Waals surface area contributed by atoms with Gasteiger partial charge in [0.2, 0.25) is 0 Å². The maximum absolute atomic E-state index is 13.5. The summed E-state index contributed by atoms with van der Waals surface area (Å²) in [5.41, 5.74) is 4.86. The van der Waals surface area contributed by atoms with E-state index in [-0.39, 0.29) is 5.82 Å². The van der Waals surface area contributed by atoms with Crippen molar-refractivity contribution in [1.82, 2.24) is 0 Å². The third-order valence-corrected chi connectivity index (χ3v) is 2.79. The van der Waals surface area contributed by atoms with Crippen molar-refractivity contribution >= 4 is 0 Å². The average molecular weight is 214 g/mol. The van der Waals surface area contributed by atoms with Crippen LogP contribution >= 0.6 is 0 Å². The first-order chi connectivity index (χ1) is 7.58. The molecule has 0 N–H and O–H groups in total. The van der Waals surface area contributed by atoms with E-state index < -0.39 is 0 Å². The third kappa shape index (κ3) is 1.99. The molecule has 0 unspecified atom stereocenters. The lowest BCUT2D eigenvalue weighted by Gasteiger charge is -2.07. The summed E-state index contributed by atoms with van der Waals surface area (Å²) < 4.78 is 13.5. The lowest BCUT2D eigenvalue weighted by Crippen LogP contribution is -1.90. The van der Waals surface area contributed by atoms with Crippen molar-refractivity contribution in [3.05, 3.63) is 58.9 Å². The van der Waals surface area contributed by atoms with E-state index in [0.717, 1.165) is 11.1 Å². The van der Waals surface area contributed by atoms with Gasteiger partial charge in [0.15, 0.2) is 0 Å². The van der Waals surface area contributed by atoms with Gasteiger partial charge in [0.25, 0.3) is 0 Å². The molecule has 0 atom stereocenters. The van der Waals surface area contributed by atoms with Crippen LogP contribution in [0.4, 0.5) is 4.39 Å². The van der Waals surface area contributed by atoms with Gasteiger partial charge in [-0.05, 0) is 55.2 Å². The van der Waals surface area contributed by atoms with Crippen LogP contribution in [0.2, 0.25) is 0 Å². The van der Waals surface area contributed by atoms with E-state index in [9.17, 15) is 4.39 Å². The third-order valence-electron chi connectivity index (χ3n) is 2.79. The number of hydrogen-bond donors (Lipinski definition) is 0. The van der Waals surface area contributed by atoms with Gasteiger partial charge in [0.05, 0.1) is 0 Å². The van der Waals surface area contributed by atoms with Crippen LogP contribution in [0.1, 0.15) is 16.7 Å². The van der Waals surface area contributed by atoms with E-state index in [1.54, 1.807) is 0 Å². The summed E-state index contributed by atoms with van der Waals surface area (Å²) in [5, 5.41) is 0. The van der Waals surface area contributed by atoms with Crippen LogP contribution < -0.4 is 0 Å². The molecule has 0 spiro atoms. The van der Waals surface area contributed by atoms with Crippen LogP contribution in [0, 0.1) is 26.6 Å². The Bertz CT molecular complexity index is 504. The van der Waals surface area contributed by atoms with Crippen molar-refractivity contribution in [3.8, 4) is 11.1 Å². The van der Waals surface area contributed by atoms with Gasteiger partial charge in [-0.3, -0.25) is 0 Å². The summed E-state index contributed by atoms with van der Waals surface area (Å²) in [5.74, 6) is -0.101. The Labute approximate surface area is 95.7 Å². The summed E-state index contributed by atoms with van der Waals surface area (Å²) in [4.78, 5) is 0. The molecule has 0 nitrogen and oxygen atoms in total. The molecule has 0 amide bonds. The molecule has 0 aliphatic rings. The first-order valence-electron chi connectivity index (χ1n) is 5.42. The number of hydrogen-bond acceptors (Lipinski definition) is 0. The smallest absolute Gasteiger partial charge is 0.129 e. The topological polar surface area (TPSA) is 0 Å². The molecule has 0 aromatic heterocycles. The number of benzene rings is 2. The molecular formula is C15H15F. The van der Waals surface area contributed by atoms with Crippen LogP contribution in [0.15, 0.2) is 36.4 Å². The Morgan fingerprint density at radius 2 is 1.44 bits per heavy atom. The summed E-state index contributed by atoms with van der Waals surface area (Å²) in [7, 11) is 0. The maximum atomic E-state index is 13.5. The fraction of sp³-hybridized carbons (Fsp3) is 0.200.